The first-order valence-electron chi connectivity index (χ1n) is 5.45. The van der Waals surface area contributed by atoms with Crippen molar-refractivity contribution in [2.75, 3.05) is 20.3 Å². The summed E-state index contributed by atoms with van der Waals surface area (Å²) >= 11 is 0. The summed E-state index contributed by atoms with van der Waals surface area (Å²) in [5.74, 6) is 0.0261. The van der Waals surface area contributed by atoms with Gasteiger partial charge in [0.2, 0.25) is 0 Å². The standard InChI is InChI=1S/C12H17NO4/c1-17-11-5-4-9(8-10(11)15)12(16)13-6-2-3-7-14/h4-5,8,14-15H,2-3,6-7H2,1H3,(H,13,16). The van der Waals surface area contributed by atoms with Crippen LogP contribution >= 0.6 is 0 Å². The Kier molecular flexibility index (Phi) is 5.29. The molecular weight excluding hydrogens is 222 g/mol. The van der Waals surface area contributed by atoms with Gasteiger partial charge in [-0.25, -0.2) is 0 Å². The lowest BCUT2D eigenvalue weighted by molar-refractivity contribution is 0.0951. The van der Waals surface area contributed by atoms with E-state index >= 15 is 0 Å². The van der Waals surface area contributed by atoms with Crippen LogP contribution in [0.3, 0.4) is 0 Å². The summed E-state index contributed by atoms with van der Waals surface area (Å²) in [6.45, 7) is 0.630. The maximum absolute atomic E-state index is 11.6. The van der Waals surface area contributed by atoms with Crippen LogP contribution in [0.2, 0.25) is 0 Å². The van der Waals surface area contributed by atoms with Gasteiger partial charge in [0.05, 0.1) is 7.11 Å². The molecule has 0 unspecified atom stereocenters. The second-order valence-corrected chi connectivity index (χ2v) is 3.57. The number of nitrogens with one attached hydrogen (secondary N) is 1. The van der Waals surface area contributed by atoms with Crippen LogP contribution in [0.5, 0.6) is 11.5 Å². The molecule has 0 saturated heterocycles. The van der Waals surface area contributed by atoms with Crippen molar-refractivity contribution in [2.24, 2.45) is 0 Å². The number of unbranched alkanes of at least 4 members (excludes halogenated alkanes) is 1. The van der Waals surface area contributed by atoms with E-state index in [4.69, 9.17) is 9.84 Å². The van der Waals surface area contributed by atoms with Gasteiger partial charge in [0, 0.05) is 18.7 Å². The summed E-state index contributed by atoms with van der Waals surface area (Å²) in [6, 6.07) is 4.48. The van der Waals surface area contributed by atoms with Crippen molar-refractivity contribution in [3.63, 3.8) is 0 Å². The number of carbonyl (C=O) groups is 1. The lowest BCUT2D eigenvalue weighted by Crippen LogP contribution is -2.24. The summed E-state index contributed by atoms with van der Waals surface area (Å²) in [5, 5.41) is 20.8. The molecule has 94 valence electrons. The van der Waals surface area contributed by atoms with E-state index in [1.807, 2.05) is 0 Å². The molecule has 1 amide bonds. The summed E-state index contributed by atoms with van der Waals surface area (Å²) in [7, 11) is 1.45. The van der Waals surface area contributed by atoms with Gasteiger partial charge in [-0.2, -0.15) is 0 Å². The number of hydrogen-bond acceptors (Lipinski definition) is 4. The first-order chi connectivity index (χ1) is 8.19. The van der Waals surface area contributed by atoms with Gasteiger partial charge in [0.25, 0.3) is 5.91 Å². The highest BCUT2D eigenvalue weighted by Crippen LogP contribution is 2.25. The van der Waals surface area contributed by atoms with Gasteiger partial charge in [-0.15, -0.1) is 0 Å². The average Bonchev–Trinajstić information content (AvgIpc) is 2.34. The molecule has 0 saturated carbocycles. The van der Waals surface area contributed by atoms with Crippen molar-refractivity contribution in [1.82, 2.24) is 5.32 Å². The smallest absolute Gasteiger partial charge is 0.251 e. The minimum Gasteiger partial charge on any atom is -0.504 e. The lowest BCUT2D eigenvalue weighted by Gasteiger charge is -2.07. The highest BCUT2D eigenvalue weighted by molar-refractivity contribution is 5.94. The number of phenolic OH excluding ortho intramolecular Hbond substituents is 1. The van der Waals surface area contributed by atoms with Crippen molar-refractivity contribution in [1.29, 1.82) is 0 Å². The molecule has 0 radical (unpaired) electrons. The van der Waals surface area contributed by atoms with Gasteiger partial charge in [0.1, 0.15) is 0 Å². The zero-order valence-electron chi connectivity index (χ0n) is 9.77. The SMILES string of the molecule is COc1ccc(C(=O)NCCCCO)cc1O. The van der Waals surface area contributed by atoms with Gasteiger partial charge in [-0.3, -0.25) is 4.79 Å². The Morgan fingerprint density at radius 1 is 1.41 bits per heavy atom. The number of ether oxygens (including phenoxy) is 1. The fourth-order valence-electron chi connectivity index (χ4n) is 1.37. The second-order valence-electron chi connectivity index (χ2n) is 3.57. The highest BCUT2D eigenvalue weighted by Gasteiger charge is 2.08. The van der Waals surface area contributed by atoms with Crippen LogP contribution in [-0.2, 0) is 0 Å². The summed E-state index contributed by atoms with van der Waals surface area (Å²) < 4.78 is 4.88. The van der Waals surface area contributed by atoms with E-state index in [9.17, 15) is 9.90 Å². The molecule has 0 atom stereocenters. The number of phenols is 1. The summed E-state index contributed by atoms with van der Waals surface area (Å²) in [5.41, 5.74) is 0.382. The molecule has 3 N–H and O–H groups in total. The van der Waals surface area contributed by atoms with Crippen LogP contribution in [0.15, 0.2) is 18.2 Å². The van der Waals surface area contributed by atoms with E-state index in [0.717, 1.165) is 6.42 Å². The van der Waals surface area contributed by atoms with Gasteiger partial charge in [-0.05, 0) is 31.0 Å². The van der Waals surface area contributed by atoms with Crippen molar-refractivity contribution in [2.45, 2.75) is 12.8 Å². The number of aliphatic hydroxyl groups is 1. The Labute approximate surface area is 100 Å². The third kappa shape index (κ3) is 3.96. The van der Waals surface area contributed by atoms with E-state index in [0.29, 0.717) is 24.3 Å². The fourth-order valence-corrected chi connectivity index (χ4v) is 1.37. The summed E-state index contributed by atoms with van der Waals surface area (Å²) in [4.78, 5) is 11.6. The minimum absolute atomic E-state index is 0.0597. The van der Waals surface area contributed by atoms with Gasteiger partial charge in [-0.1, -0.05) is 0 Å². The van der Waals surface area contributed by atoms with Gasteiger partial charge in [0.15, 0.2) is 11.5 Å². The van der Waals surface area contributed by atoms with Crippen LogP contribution in [0.1, 0.15) is 23.2 Å². The zero-order valence-corrected chi connectivity index (χ0v) is 9.77. The van der Waals surface area contributed by atoms with Crippen molar-refractivity contribution in [3.05, 3.63) is 23.8 Å². The quantitative estimate of drug-likeness (QED) is 0.644. The van der Waals surface area contributed by atoms with Crippen LogP contribution < -0.4 is 10.1 Å². The average molecular weight is 239 g/mol. The molecule has 0 aromatic heterocycles. The molecule has 0 heterocycles. The third-order valence-electron chi connectivity index (χ3n) is 2.31. The fraction of sp³-hybridized carbons (Fsp3) is 0.417. The molecule has 5 heteroatoms. The second kappa shape index (κ2) is 6.75. The van der Waals surface area contributed by atoms with E-state index in [1.54, 1.807) is 6.07 Å². The highest BCUT2D eigenvalue weighted by atomic mass is 16.5. The number of methoxy groups -OCH3 is 1. The Morgan fingerprint density at radius 3 is 2.76 bits per heavy atom. The predicted molar refractivity (Wildman–Crippen MR) is 63.3 cm³/mol. The lowest BCUT2D eigenvalue weighted by atomic mass is 10.2. The molecule has 17 heavy (non-hydrogen) atoms. The van der Waals surface area contributed by atoms with E-state index < -0.39 is 0 Å². The van der Waals surface area contributed by atoms with Gasteiger partial charge < -0.3 is 20.3 Å². The Bertz CT molecular complexity index is 379. The Morgan fingerprint density at radius 2 is 2.18 bits per heavy atom. The molecule has 0 aliphatic carbocycles. The number of carbonyl (C=O) groups excluding carboxylic acids is 1. The summed E-state index contributed by atoms with van der Waals surface area (Å²) in [6.07, 6.45) is 1.39. The van der Waals surface area contributed by atoms with E-state index in [2.05, 4.69) is 5.32 Å². The molecule has 1 aromatic rings. The number of aromatic hydroxyl groups is 1. The van der Waals surface area contributed by atoms with Crippen LogP contribution in [0.4, 0.5) is 0 Å². The molecule has 0 aliphatic heterocycles. The topological polar surface area (TPSA) is 78.8 Å². The molecule has 0 bridgehead atoms. The molecule has 0 fully saturated rings. The first-order valence-corrected chi connectivity index (χ1v) is 5.45. The minimum atomic E-state index is -0.249. The van der Waals surface area contributed by atoms with Crippen molar-refractivity contribution >= 4 is 5.91 Å². The Balaban J connectivity index is 2.54. The molecule has 5 nitrogen and oxygen atoms in total. The number of hydrogen-bond donors (Lipinski definition) is 3. The number of rotatable bonds is 6. The molecule has 0 aliphatic rings. The first kappa shape index (κ1) is 13.3. The molecule has 1 rings (SSSR count). The van der Waals surface area contributed by atoms with Gasteiger partial charge >= 0.3 is 0 Å². The largest absolute Gasteiger partial charge is 0.504 e. The number of aliphatic hydroxyl groups excluding tert-OH is 1. The normalized spacial score (nSPS) is 10.0. The zero-order chi connectivity index (χ0) is 12.7. The van der Waals surface area contributed by atoms with Crippen LogP contribution in [0, 0.1) is 0 Å². The van der Waals surface area contributed by atoms with Crippen molar-refractivity contribution in [3.8, 4) is 11.5 Å². The third-order valence-corrected chi connectivity index (χ3v) is 2.31. The van der Waals surface area contributed by atoms with E-state index in [1.165, 1.54) is 19.2 Å². The number of amides is 1. The monoisotopic (exact) mass is 239 g/mol. The maximum Gasteiger partial charge on any atom is 0.251 e. The molecule has 0 spiro atoms. The number of benzene rings is 1. The van der Waals surface area contributed by atoms with Crippen molar-refractivity contribution < 1.29 is 19.7 Å². The molecule has 1 aromatic carbocycles. The van der Waals surface area contributed by atoms with Crippen LogP contribution in [0.25, 0.3) is 0 Å². The predicted octanol–water partition coefficient (Wildman–Crippen LogP) is 0.903. The van der Waals surface area contributed by atoms with E-state index in [-0.39, 0.29) is 18.3 Å². The molecular formula is C12H17NO4. The van der Waals surface area contributed by atoms with Crippen LogP contribution in [-0.4, -0.2) is 36.4 Å². The maximum atomic E-state index is 11.6. The Hall–Kier alpha value is -1.75.